The van der Waals surface area contributed by atoms with Gasteiger partial charge in [-0.1, -0.05) is 23.5 Å². The normalized spacial score (nSPS) is 16.8. The van der Waals surface area contributed by atoms with Gasteiger partial charge in [-0.2, -0.15) is 4.52 Å². The van der Waals surface area contributed by atoms with Crippen LogP contribution in [-0.2, 0) is 24.2 Å². The molecular formula is C23H27N5O2S2. The third-order valence-corrected chi connectivity index (χ3v) is 8.14. The second kappa shape index (κ2) is 9.23. The van der Waals surface area contributed by atoms with Crippen molar-refractivity contribution in [3.63, 3.8) is 0 Å². The number of hydrogen-bond donors (Lipinski definition) is 1. The van der Waals surface area contributed by atoms with Gasteiger partial charge in [-0.05, 0) is 62.5 Å². The van der Waals surface area contributed by atoms with Gasteiger partial charge in [0.25, 0.3) is 5.56 Å². The van der Waals surface area contributed by atoms with E-state index in [1.165, 1.54) is 20.7 Å². The van der Waals surface area contributed by atoms with Gasteiger partial charge in [0.1, 0.15) is 0 Å². The van der Waals surface area contributed by atoms with Gasteiger partial charge in [0.2, 0.25) is 16.0 Å². The topological polar surface area (TPSA) is 79.6 Å². The summed E-state index contributed by atoms with van der Waals surface area (Å²) in [6, 6.07) is 8.30. The molecule has 3 aromatic rings. The van der Waals surface area contributed by atoms with Crippen molar-refractivity contribution in [3.05, 3.63) is 51.4 Å². The average Bonchev–Trinajstić information content (AvgIpc) is 3.27. The van der Waals surface area contributed by atoms with Crippen LogP contribution in [0.15, 0.2) is 34.0 Å². The molecule has 1 amide bonds. The maximum atomic E-state index is 12.8. The summed E-state index contributed by atoms with van der Waals surface area (Å²) < 4.78 is 1.48. The summed E-state index contributed by atoms with van der Waals surface area (Å²) in [5.41, 5.74) is 2.90. The summed E-state index contributed by atoms with van der Waals surface area (Å²) in [5.74, 6) is 0.132. The zero-order valence-corrected chi connectivity index (χ0v) is 19.8. The van der Waals surface area contributed by atoms with Crippen molar-refractivity contribution < 1.29 is 4.79 Å². The average molecular weight is 470 g/mol. The number of thioether (sulfide) groups is 1. The van der Waals surface area contributed by atoms with Crippen LogP contribution in [0.25, 0.3) is 4.96 Å². The summed E-state index contributed by atoms with van der Waals surface area (Å²) >= 11 is 3.19. The van der Waals surface area contributed by atoms with Crippen LogP contribution in [-0.4, -0.2) is 39.9 Å². The summed E-state index contributed by atoms with van der Waals surface area (Å²) in [7, 11) is 0. The maximum absolute atomic E-state index is 12.8. The van der Waals surface area contributed by atoms with Crippen LogP contribution in [0.1, 0.15) is 42.5 Å². The maximum Gasteiger partial charge on any atom is 0.278 e. The Kier molecular flexibility index (Phi) is 6.19. The van der Waals surface area contributed by atoms with Crippen molar-refractivity contribution in [2.45, 2.75) is 50.0 Å². The molecule has 0 spiro atoms. The molecule has 9 heteroatoms. The Morgan fingerprint density at radius 1 is 1.19 bits per heavy atom. The highest BCUT2D eigenvalue weighted by atomic mass is 32.2. The monoisotopic (exact) mass is 469 g/mol. The molecule has 1 aliphatic carbocycles. The van der Waals surface area contributed by atoms with Crippen LogP contribution >= 0.6 is 23.1 Å². The van der Waals surface area contributed by atoms with Crippen molar-refractivity contribution in [2.24, 2.45) is 5.92 Å². The predicted octanol–water partition coefficient (Wildman–Crippen LogP) is 3.28. The lowest BCUT2D eigenvalue weighted by atomic mass is 9.96. The van der Waals surface area contributed by atoms with E-state index in [4.69, 9.17) is 4.98 Å². The number of anilines is 1. The number of amides is 1. The van der Waals surface area contributed by atoms with Crippen molar-refractivity contribution in [2.75, 3.05) is 24.2 Å². The van der Waals surface area contributed by atoms with Gasteiger partial charge in [0, 0.05) is 36.0 Å². The van der Waals surface area contributed by atoms with Gasteiger partial charge >= 0.3 is 0 Å². The molecule has 0 bridgehead atoms. The molecule has 32 heavy (non-hydrogen) atoms. The summed E-state index contributed by atoms with van der Waals surface area (Å²) in [6.07, 6.45) is 7.46. The van der Waals surface area contributed by atoms with Crippen molar-refractivity contribution in [3.8, 4) is 0 Å². The number of piperidine rings is 1. The second-order valence-electron chi connectivity index (χ2n) is 8.46. The molecule has 1 N–H and O–H groups in total. The fourth-order valence-corrected chi connectivity index (χ4v) is 5.87. The van der Waals surface area contributed by atoms with E-state index in [1.807, 2.05) is 0 Å². The van der Waals surface area contributed by atoms with Crippen molar-refractivity contribution in [1.29, 1.82) is 0 Å². The van der Waals surface area contributed by atoms with E-state index in [2.05, 4.69) is 45.8 Å². The van der Waals surface area contributed by atoms with Gasteiger partial charge in [-0.3, -0.25) is 9.59 Å². The van der Waals surface area contributed by atoms with Crippen LogP contribution in [0.5, 0.6) is 0 Å². The molecule has 168 valence electrons. The minimum atomic E-state index is -0.00738. The number of nitrogens with zero attached hydrogens (tertiary/aromatic N) is 4. The zero-order chi connectivity index (χ0) is 22.1. The van der Waals surface area contributed by atoms with Crippen LogP contribution in [0.3, 0.4) is 0 Å². The Morgan fingerprint density at radius 3 is 2.69 bits per heavy atom. The van der Waals surface area contributed by atoms with Crippen molar-refractivity contribution >= 4 is 39.1 Å². The van der Waals surface area contributed by atoms with Gasteiger partial charge in [-0.15, -0.1) is 16.9 Å². The molecule has 2 aliphatic rings. The fourth-order valence-electron chi connectivity index (χ4n) is 4.50. The largest absolute Gasteiger partial charge is 0.352 e. The highest BCUT2D eigenvalue weighted by molar-refractivity contribution is 7.98. The van der Waals surface area contributed by atoms with Gasteiger partial charge in [-0.25, -0.2) is 4.98 Å². The first-order chi connectivity index (χ1) is 15.6. The minimum absolute atomic E-state index is 0.00738. The van der Waals surface area contributed by atoms with E-state index in [-0.39, 0.29) is 17.4 Å². The molecule has 2 aromatic heterocycles. The van der Waals surface area contributed by atoms with E-state index in [0.29, 0.717) is 11.5 Å². The molecule has 7 nitrogen and oxygen atoms in total. The molecule has 5 rings (SSSR count). The van der Waals surface area contributed by atoms with Crippen LogP contribution in [0.4, 0.5) is 5.13 Å². The molecule has 1 fully saturated rings. The van der Waals surface area contributed by atoms with E-state index in [0.717, 1.165) is 73.6 Å². The molecule has 1 aromatic carbocycles. The number of benzene rings is 1. The third kappa shape index (κ3) is 4.28. The van der Waals surface area contributed by atoms with E-state index in [1.54, 1.807) is 11.8 Å². The lowest BCUT2D eigenvalue weighted by Crippen LogP contribution is -2.40. The molecular weight excluding hydrogens is 442 g/mol. The van der Waals surface area contributed by atoms with E-state index in [9.17, 15) is 9.59 Å². The van der Waals surface area contributed by atoms with E-state index < -0.39 is 0 Å². The Balaban J connectivity index is 1.20. The molecule has 1 saturated heterocycles. The number of rotatable bonds is 5. The van der Waals surface area contributed by atoms with Crippen LogP contribution < -0.4 is 15.8 Å². The number of fused-ring (bicyclic) bond motifs is 2. The molecule has 0 radical (unpaired) electrons. The lowest BCUT2D eigenvalue weighted by Gasteiger charge is -2.30. The number of aromatic nitrogens is 3. The number of carbonyl (C=O) groups excluding carboxylic acids is 1. The molecule has 0 unspecified atom stereocenters. The smallest absolute Gasteiger partial charge is 0.278 e. The van der Waals surface area contributed by atoms with E-state index >= 15 is 0 Å². The SMILES string of the molecule is CSc1ccc(CNC(=O)C2CCN(c3nn4c(=O)c5c(nc4s3)CCCC5)CC2)cc1. The molecule has 0 atom stereocenters. The summed E-state index contributed by atoms with van der Waals surface area (Å²) in [6.45, 7) is 2.08. The summed E-state index contributed by atoms with van der Waals surface area (Å²) in [4.78, 5) is 34.3. The third-order valence-electron chi connectivity index (χ3n) is 6.43. The number of aryl methyl sites for hydroxylation is 1. The fraction of sp³-hybridized carbons (Fsp3) is 0.478. The number of carbonyl (C=O) groups is 1. The predicted molar refractivity (Wildman–Crippen MR) is 129 cm³/mol. The quantitative estimate of drug-likeness (QED) is 0.578. The second-order valence-corrected chi connectivity index (χ2v) is 10.3. The standard InChI is InChI=1S/C23H27N5O2S2/c1-31-17-8-6-15(7-9-17)14-24-20(29)16-10-12-27(13-11-16)23-26-28-21(30)18-4-2-3-5-19(18)25-22(28)32-23/h6-9,16H,2-5,10-14H2,1H3,(H,24,29). The molecule has 3 heterocycles. The molecule has 0 saturated carbocycles. The zero-order valence-electron chi connectivity index (χ0n) is 18.2. The number of nitrogens with one attached hydrogen (secondary N) is 1. The minimum Gasteiger partial charge on any atom is -0.352 e. The first-order valence-corrected chi connectivity index (χ1v) is 13.2. The first kappa shape index (κ1) is 21.5. The highest BCUT2D eigenvalue weighted by Gasteiger charge is 2.27. The number of hydrogen-bond acceptors (Lipinski definition) is 7. The van der Waals surface area contributed by atoms with Crippen LogP contribution in [0.2, 0.25) is 0 Å². The highest BCUT2D eigenvalue weighted by Crippen LogP contribution is 2.28. The Hall–Kier alpha value is -2.39. The van der Waals surface area contributed by atoms with Crippen molar-refractivity contribution in [1.82, 2.24) is 19.9 Å². The van der Waals surface area contributed by atoms with Gasteiger partial charge < -0.3 is 10.2 Å². The molecule has 1 aliphatic heterocycles. The Morgan fingerprint density at radius 2 is 1.94 bits per heavy atom. The lowest BCUT2D eigenvalue weighted by molar-refractivity contribution is -0.125. The van der Waals surface area contributed by atoms with Crippen LogP contribution in [0, 0.1) is 5.92 Å². The Labute approximate surface area is 195 Å². The first-order valence-electron chi connectivity index (χ1n) is 11.2. The van der Waals surface area contributed by atoms with Gasteiger partial charge in [0.15, 0.2) is 0 Å². The van der Waals surface area contributed by atoms with Gasteiger partial charge in [0.05, 0.1) is 5.69 Å². The Bertz CT molecular complexity index is 1180. The summed E-state index contributed by atoms with van der Waals surface area (Å²) in [5, 5.41) is 8.50.